The lowest BCUT2D eigenvalue weighted by molar-refractivity contribution is -0.274. The largest absolute Gasteiger partial charge is 0.573 e. The van der Waals surface area contributed by atoms with Crippen LogP contribution in [0, 0.1) is 0 Å². The maximum Gasteiger partial charge on any atom is 0.573 e. The van der Waals surface area contributed by atoms with E-state index in [0.29, 0.717) is 5.56 Å². The van der Waals surface area contributed by atoms with E-state index >= 15 is 0 Å². The van der Waals surface area contributed by atoms with Gasteiger partial charge in [0.15, 0.2) is 5.76 Å². The fourth-order valence-corrected chi connectivity index (χ4v) is 2.75. The van der Waals surface area contributed by atoms with Crippen LogP contribution in [0.15, 0.2) is 60.4 Å². The van der Waals surface area contributed by atoms with Crippen molar-refractivity contribution >= 4 is 11.6 Å². The lowest BCUT2D eigenvalue weighted by Crippen LogP contribution is -2.29. The molecule has 1 aliphatic rings. The third-order valence-electron chi connectivity index (χ3n) is 3.81. The van der Waals surface area contributed by atoms with Crippen molar-refractivity contribution in [1.82, 2.24) is 0 Å². The highest BCUT2D eigenvalue weighted by Crippen LogP contribution is 2.37. The van der Waals surface area contributed by atoms with Gasteiger partial charge in [-0.1, -0.05) is 12.1 Å². The van der Waals surface area contributed by atoms with E-state index in [4.69, 9.17) is 0 Å². The van der Waals surface area contributed by atoms with Gasteiger partial charge in [-0.15, -0.1) is 13.2 Å². The molecule has 0 saturated carbocycles. The number of aliphatic hydroxyl groups excluding tert-OH is 1. The molecular formula is C18H12F5NO4. The van der Waals surface area contributed by atoms with E-state index in [0.717, 1.165) is 17.0 Å². The Hall–Kier alpha value is -3.30. The van der Waals surface area contributed by atoms with Crippen LogP contribution in [0.4, 0.5) is 27.6 Å². The second-order valence-corrected chi connectivity index (χ2v) is 5.66. The first kappa shape index (κ1) is 19.5. The van der Waals surface area contributed by atoms with Crippen LogP contribution in [0.5, 0.6) is 11.5 Å². The molecule has 0 radical (unpaired) electrons. The second-order valence-electron chi connectivity index (χ2n) is 5.66. The molecule has 0 saturated heterocycles. The maximum atomic E-state index is 12.4. The van der Waals surface area contributed by atoms with Gasteiger partial charge in [-0.2, -0.15) is 8.78 Å². The minimum Gasteiger partial charge on any atom is -0.503 e. The lowest BCUT2D eigenvalue weighted by atomic mass is 10.1. The van der Waals surface area contributed by atoms with Gasteiger partial charge in [0.1, 0.15) is 11.5 Å². The van der Waals surface area contributed by atoms with Gasteiger partial charge in [-0.05, 0) is 48.0 Å². The first-order chi connectivity index (χ1) is 13.1. The Labute approximate surface area is 155 Å². The highest BCUT2D eigenvalue weighted by atomic mass is 19.4. The smallest absolute Gasteiger partial charge is 0.503 e. The van der Waals surface area contributed by atoms with Crippen LogP contribution in [-0.2, 0) is 4.79 Å². The standard InChI is InChI=1S/C18H12F5NO4/c19-17(20)27-13-3-1-2-10(8-13)14-9-15(25)16(26)24(14)11-4-6-12(7-5-11)28-18(21,22)23/h1-9,14,17,25H. The summed E-state index contributed by atoms with van der Waals surface area (Å²) in [6.07, 6.45) is -3.66. The minimum atomic E-state index is -4.86. The Morgan fingerprint density at radius 1 is 1.04 bits per heavy atom. The minimum absolute atomic E-state index is 0.145. The number of benzene rings is 2. The summed E-state index contributed by atoms with van der Waals surface area (Å²) < 4.78 is 69.8. The number of amides is 1. The molecule has 1 atom stereocenters. The quantitative estimate of drug-likeness (QED) is 0.737. The van der Waals surface area contributed by atoms with Crippen molar-refractivity contribution in [2.75, 3.05) is 4.90 Å². The van der Waals surface area contributed by atoms with Gasteiger partial charge >= 0.3 is 13.0 Å². The van der Waals surface area contributed by atoms with Crippen molar-refractivity contribution in [3.05, 3.63) is 65.9 Å². The molecule has 3 rings (SSSR count). The van der Waals surface area contributed by atoms with E-state index in [2.05, 4.69) is 9.47 Å². The van der Waals surface area contributed by atoms with Crippen LogP contribution >= 0.6 is 0 Å². The molecule has 1 N–H and O–H groups in total. The van der Waals surface area contributed by atoms with E-state index in [-0.39, 0.29) is 11.4 Å². The zero-order chi connectivity index (χ0) is 20.5. The molecule has 148 valence electrons. The molecule has 0 spiro atoms. The zero-order valence-electron chi connectivity index (χ0n) is 13.9. The number of rotatable bonds is 5. The maximum absolute atomic E-state index is 12.4. The van der Waals surface area contributed by atoms with Crippen molar-refractivity contribution in [3.63, 3.8) is 0 Å². The Morgan fingerprint density at radius 2 is 1.71 bits per heavy atom. The molecule has 0 bridgehead atoms. The number of carbonyl (C=O) groups excluding carboxylic acids is 1. The normalized spacial score (nSPS) is 17.1. The second kappa shape index (κ2) is 7.37. The molecule has 1 amide bonds. The summed E-state index contributed by atoms with van der Waals surface area (Å²) in [7, 11) is 0. The number of nitrogens with zero attached hydrogens (tertiary/aromatic N) is 1. The Kier molecular flexibility index (Phi) is 5.12. The number of carbonyl (C=O) groups is 1. The van der Waals surface area contributed by atoms with E-state index in [1.807, 2.05) is 0 Å². The Bertz CT molecular complexity index is 896. The number of alkyl halides is 5. The third kappa shape index (κ3) is 4.33. The molecule has 0 aliphatic carbocycles. The van der Waals surface area contributed by atoms with Crippen molar-refractivity contribution < 1.29 is 41.3 Å². The highest BCUT2D eigenvalue weighted by Gasteiger charge is 2.35. The molecule has 0 aromatic heterocycles. The summed E-state index contributed by atoms with van der Waals surface area (Å²) in [5.74, 6) is -2.01. The topological polar surface area (TPSA) is 59.0 Å². The van der Waals surface area contributed by atoms with Crippen molar-refractivity contribution in [2.24, 2.45) is 0 Å². The average Bonchev–Trinajstić information content (AvgIpc) is 2.89. The monoisotopic (exact) mass is 401 g/mol. The van der Waals surface area contributed by atoms with Crippen LogP contribution in [0.1, 0.15) is 11.6 Å². The number of aliphatic hydroxyl groups is 1. The first-order valence-corrected chi connectivity index (χ1v) is 7.79. The van der Waals surface area contributed by atoms with Gasteiger partial charge in [0.05, 0.1) is 6.04 Å². The van der Waals surface area contributed by atoms with Crippen LogP contribution in [-0.4, -0.2) is 24.0 Å². The summed E-state index contributed by atoms with van der Waals surface area (Å²) >= 11 is 0. The predicted molar refractivity (Wildman–Crippen MR) is 87.1 cm³/mol. The molecule has 1 heterocycles. The summed E-state index contributed by atoms with van der Waals surface area (Å²) in [5, 5.41) is 9.83. The van der Waals surface area contributed by atoms with Crippen LogP contribution in [0.25, 0.3) is 0 Å². The van der Waals surface area contributed by atoms with Gasteiger partial charge in [-0.3, -0.25) is 9.69 Å². The fourth-order valence-electron chi connectivity index (χ4n) is 2.75. The van der Waals surface area contributed by atoms with Crippen molar-refractivity contribution in [1.29, 1.82) is 0 Å². The number of ether oxygens (including phenoxy) is 2. The number of hydrogen-bond donors (Lipinski definition) is 1. The molecule has 2 aromatic carbocycles. The summed E-state index contributed by atoms with van der Waals surface area (Å²) in [4.78, 5) is 13.4. The number of hydrogen-bond acceptors (Lipinski definition) is 4. The molecule has 0 fully saturated rings. The van der Waals surface area contributed by atoms with Crippen LogP contribution in [0.3, 0.4) is 0 Å². The van der Waals surface area contributed by atoms with Gasteiger partial charge < -0.3 is 14.6 Å². The Morgan fingerprint density at radius 3 is 2.32 bits per heavy atom. The first-order valence-electron chi connectivity index (χ1n) is 7.79. The fraction of sp³-hybridized carbons (Fsp3) is 0.167. The zero-order valence-corrected chi connectivity index (χ0v) is 13.9. The molecule has 1 unspecified atom stereocenters. The number of halogens is 5. The van der Waals surface area contributed by atoms with E-state index < -0.39 is 36.4 Å². The summed E-state index contributed by atoms with van der Waals surface area (Å²) in [6, 6.07) is 9.09. The molecular weight excluding hydrogens is 389 g/mol. The third-order valence-corrected chi connectivity index (χ3v) is 3.81. The lowest BCUT2D eigenvalue weighted by Gasteiger charge is -2.25. The summed E-state index contributed by atoms with van der Waals surface area (Å²) in [6.45, 7) is -3.04. The molecule has 28 heavy (non-hydrogen) atoms. The van der Waals surface area contributed by atoms with Gasteiger partial charge in [0, 0.05) is 5.69 Å². The van der Waals surface area contributed by atoms with E-state index in [1.54, 1.807) is 0 Å². The van der Waals surface area contributed by atoms with Gasteiger partial charge in [-0.25, -0.2) is 0 Å². The SMILES string of the molecule is O=C1C(O)=CC(c2cccc(OC(F)F)c2)N1c1ccc(OC(F)(F)F)cc1. The number of anilines is 1. The van der Waals surface area contributed by atoms with E-state index in [9.17, 15) is 31.9 Å². The van der Waals surface area contributed by atoms with Gasteiger partial charge in [0.25, 0.3) is 5.91 Å². The Balaban J connectivity index is 1.90. The van der Waals surface area contributed by atoms with Crippen molar-refractivity contribution in [3.8, 4) is 11.5 Å². The van der Waals surface area contributed by atoms with Gasteiger partial charge in [0.2, 0.25) is 0 Å². The molecule has 5 nitrogen and oxygen atoms in total. The summed E-state index contributed by atoms with van der Waals surface area (Å²) in [5.41, 5.74) is 0.524. The van der Waals surface area contributed by atoms with E-state index in [1.165, 1.54) is 42.5 Å². The molecule has 1 aliphatic heterocycles. The highest BCUT2D eigenvalue weighted by molar-refractivity contribution is 6.07. The van der Waals surface area contributed by atoms with Crippen molar-refractivity contribution in [2.45, 2.75) is 19.0 Å². The molecule has 10 heteroatoms. The average molecular weight is 401 g/mol. The molecule has 2 aromatic rings. The van der Waals surface area contributed by atoms with Crippen LogP contribution < -0.4 is 14.4 Å². The van der Waals surface area contributed by atoms with Crippen LogP contribution in [0.2, 0.25) is 0 Å². The predicted octanol–water partition coefficient (Wildman–Crippen LogP) is 4.72.